The summed E-state index contributed by atoms with van der Waals surface area (Å²) >= 11 is 0. The molecule has 21 heavy (non-hydrogen) atoms. The van der Waals surface area contributed by atoms with E-state index < -0.39 is 17.3 Å². The van der Waals surface area contributed by atoms with Crippen LogP contribution < -0.4 is 5.73 Å². The van der Waals surface area contributed by atoms with Crippen LogP contribution in [0.25, 0.3) is 0 Å². The van der Waals surface area contributed by atoms with Crippen molar-refractivity contribution in [1.82, 2.24) is 0 Å². The van der Waals surface area contributed by atoms with Crippen LogP contribution in [0.15, 0.2) is 24.3 Å². The molecule has 1 fully saturated rings. The summed E-state index contributed by atoms with van der Waals surface area (Å²) in [5.74, 6) is 0.274. The summed E-state index contributed by atoms with van der Waals surface area (Å²) in [6, 6.07) is 5.43. The van der Waals surface area contributed by atoms with Gasteiger partial charge < -0.3 is 5.73 Å². The van der Waals surface area contributed by atoms with Gasteiger partial charge in [-0.3, -0.25) is 0 Å². The van der Waals surface area contributed by atoms with Crippen molar-refractivity contribution >= 4 is 0 Å². The molecule has 4 heteroatoms. The molecule has 0 radical (unpaired) electrons. The van der Waals surface area contributed by atoms with Crippen LogP contribution in [-0.2, 0) is 11.7 Å². The minimum Gasteiger partial charge on any atom is -0.321 e. The highest BCUT2D eigenvalue weighted by molar-refractivity contribution is 5.31. The Hall–Kier alpha value is -1.03. The minimum absolute atomic E-state index is 0.0396. The molecule has 2 unspecified atom stereocenters. The van der Waals surface area contributed by atoms with Gasteiger partial charge in [0.05, 0.1) is 5.56 Å². The van der Waals surface area contributed by atoms with E-state index in [0.717, 1.165) is 43.4 Å². The normalized spacial score (nSPS) is 27.7. The Kier molecular flexibility index (Phi) is 4.13. The van der Waals surface area contributed by atoms with Gasteiger partial charge in [-0.1, -0.05) is 45.7 Å². The predicted octanol–water partition coefficient (Wildman–Crippen LogP) is 5.10. The summed E-state index contributed by atoms with van der Waals surface area (Å²) in [6.45, 7) is 6.48. The molecule has 2 atom stereocenters. The standard InChI is InChI=1S/C17H24F3N/c1-15(2,3)14-6-4-5-11-16(14,21)12-7-9-13(10-8-12)17(18,19)20/h7-10,14H,4-6,11,21H2,1-3H3. The van der Waals surface area contributed by atoms with Gasteiger partial charge in [0, 0.05) is 5.54 Å². The van der Waals surface area contributed by atoms with Crippen LogP contribution in [0.1, 0.15) is 57.6 Å². The molecule has 2 N–H and O–H groups in total. The summed E-state index contributed by atoms with van der Waals surface area (Å²) in [5, 5.41) is 0. The summed E-state index contributed by atoms with van der Waals surface area (Å²) in [6.07, 6.45) is -0.261. The SMILES string of the molecule is CC(C)(C)C1CCCCC1(N)c1ccc(C(F)(F)F)cc1. The van der Waals surface area contributed by atoms with Gasteiger partial charge in [-0.15, -0.1) is 0 Å². The van der Waals surface area contributed by atoms with Crippen LogP contribution >= 0.6 is 0 Å². The monoisotopic (exact) mass is 299 g/mol. The molecule has 1 nitrogen and oxygen atoms in total. The molecule has 1 aromatic carbocycles. The Labute approximate surface area is 124 Å². The lowest BCUT2D eigenvalue weighted by atomic mass is 9.60. The number of halogens is 3. The molecule has 0 aliphatic heterocycles. The van der Waals surface area contributed by atoms with Crippen LogP contribution in [0.4, 0.5) is 13.2 Å². The summed E-state index contributed by atoms with van der Waals surface area (Å²) in [5.41, 5.74) is 6.42. The van der Waals surface area contributed by atoms with E-state index in [1.807, 2.05) is 0 Å². The van der Waals surface area contributed by atoms with Crippen molar-refractivity contribution < 1.29 is 13.2 Å². The molecule has 0 heterocycles. The van der Waals surface area contributed by atoms with Gasteiger partial charge in [0.2, 0.25) is 0 Å². The zero-order chi connectivity index (χ0) is 15.9. The maximum absolute atomic E-state index is 12.7. The van der Waals surface area contributed by atoms with Gasteiger partial charge >= 0.3 is 6.18 Å². The van der Waals surface area contributed by atoms with Gasteiger partial charge in [0.25, 0.3) is 0 Å². The Morgan fingerprint density at radius 1 is 1.05 bits per heavy atom. The van der Waals surface area contributed by atoms with E-state index in [9.17, 15) is 13.2 Å². The van der Waals surface area contributed by atoms with Crippen LogP contribution in [0.2, 0.25) is 0 Å². The van der Waals surface area contributed by atoms with Gasteiger partial charge in [-0.2, -0.15) is 13.2 Å². The van der Waals surface area contributed by atoms with Crippen LogP contribution in [0, 0.1) is 11.3 Å². The molecule has 0 spiro atoms. The fourth-order valence-electron chi connectivity index (χ4n) is 3.72. The highest BCUT2D eigenvalue weighted by atomic mass is 19.4. The van der Waals surface area contributed by atoms with Crippen molar-refractivity contribution in [3.8, 4) is 0 Å². The zero-order valence-electron chi connectivity index (χ0n) is 12.9. The second-order valence-corrected chi connectivity index (χ2v) is 7.28. The van der Waals surface area contributed by atoms with Gasteiger partial charge in [0.15, 0.2) is 0 Å². The molecule has 0 amide bonds. The second kappa shape index (κ2) is 5.31. The molecule has 0 saturated heterocycles. The fraction of sp³-hybridized carbons (Fsp3) is 0.647. The summed E-state index contributed by atoms with van der Waals surface area (Å²) in [4.78, 5) is 0. The molecule has 2 rings (SSSR count). The Balaban J connectivity index is 2.37. The van der Waals surface area contributed by atoms with E-state index in [-0.39, 0.29) is 11.3 Å². The van der Waals surface area contributed by atoms with E-state index >= 15 is 0 Å². The first-order valence-corrected chi connectivity index (χ1v) is 7.52. The first kappa shape index (κ1) is 16.3. The highest BCUT2D eigenvalue weighted by Gasteiger charge is 2.44. The van der Waals surface area contributed by atoms with Crippen LogP contribution in [-0.4, -0.2) is 0 Å². The van der Waals surface area contributed by atoms with Gasteiger partial charge in [-0.05, 0) is 41.9 Å². The number of benzene rings is 1. The molecule has 1 saturated carbocycles. The third-order valence-electron chi connectivity index (χ3n) is 4.75. The second-order valence-electron chi connectivity index (χ2n) is 7.28. The number of nitrogens with two attached hydrogens (primary N) is 1. The molecule has 118 valence electrons. The van der Waals surface area contributed by atoms with Crippen molar-refractivity contribution in [3.05, 3.63) is 35.4 Å². The fourth-order valence-corrected chi connectivity index (χ4v) is 3.72. The van der Waals surface area contributed by atoms with Crippen LogP contribution in [0.3, 0.4) is 0 Å². The van der Waals surface area contributed by atoms with E-state index in [2.05, 4.69) is 20.8 Å². The van der Waals surface area contributed by atoms with Crippen molar-refractivity contribution in [2.24, 2.45) is 17.1 Å². The quantitative estimate of drug-likeness (QED) is 0.767. The van der Waals surface area contributed by atoms with E-state index in [1.54, 1.807) is 12.1 Å². The molecular weight excluding hydrogens is 275 g/mol. The molecule has 1 aliphatic rings. The molecule has 1 aromatic rings. The molecule has 0 aromatic heterocycles. The third-order valence-corrected chi connectivity index (χ3v) is 4.75. The maximum atomic E-state index is 12.7. The van der Waals surface area contributed by atoms with Crippen molar-refractivity contribution in [2.75, 3.05) is 0 Å². The zero-order valence-corrected chi connectivity index (χ0v) is 12.9. The number of hydrogen-bond acceptors (Lipinski definition) is 1. The average molecular weight is 299 g/mol. The van der Waals surface area contributed by atoms with Crippen molar-refractivity contribution in [2.45, 2.75) is 58.2 Å². The Bertz CT molecular complexity index is 484. The highest BCUT2D eigenvalue weighted by Crippen LogP contribution is 2.48. The minimum atomic E-state index is -4.30. The maximum Gasteiger partial charge on any atom is 0.416 e. The smallest absolute Gasteiger partial charge is 0.321 e. The van der Waals surface area contributed by atoms with Gasteiger partial charge in [0.1, 0.15) is 0 Å². The average Bonchev–Trinajstić information content (AvgIpc) is 2.37. The lowest BCUT2D eigenvalue weighted by molar-refractivity contribution is -0.137. The van der Waals surface area contributed by atoms with Gasteiger partial charge in [-0.25, -0.2) is 0 Å². The van der Waals surface area contributed by atoms with E-state index in [4.69, 9.17) is 5.73 Å². The topological polar surface area (TPSA) is 26.0 Å². The van der Waals surface area contributed by atoms with Crippen molar-refractivity contribution in [3.63, 3.8) is 0 Å². The first-order chi connectivity index (χ1) is 9.55. The predicted molar refractivity (Wildman–Crippen MR) is 78.7 cm³/mol. The largest absolute Gasteiger partial charge is 0.416 e. The number of rotatable bonds is 1. The Morgan fingerprint density at radius 3 is 2.10 bits per heavy atom. The van der Waals surface area contributed by atoms with E-state index in [1.165, 1.54) is 0 Å². The van der Waals surface area contributed by atoms with E-state index in [0.29, 0.717) is 0 Å². The molecule has 0 bridgehead atoms. The lowest BCUT2D eigenvalue weighted by Crippen LogP contribution is -2.51. The molecule has 1 aliphatic carbocycles. The third kappa shape index (κ3) is 3.25. The first-order valence-electron chi connectivity index (χ1n) is 7.52. The Morgan fingerprint density at radius 2 is 1.62 bits per heavy atom. The summed E-state index contributed by atoms with van der Waals surface area (Å²) in [7, 11) is 0. The van der Waals surface area contributed by atoms with Crippen LogP contribution in [0.5, 0.6) is 0 Å². The lowest BCUT2D eigenvalue weighted by Gasteiger charge is -2.48. The molecular formula is C17H24F3N. The number of alkyl halides is 3. The van der Waals surface area contributed by atoms with Crippen molar-refractivity contribution in [1.29, 1.82) is 0 Å². The number of hydrogen-bond donors (Lipinski definition) is 1. The summed E-state index contributed by atoms with van der Waals surface area (Å²) < 4.78 is 38.1.